The van der Waals surface area contributed by atoms with Crippen molar-refractivity contribution >= 4 is 0 Å². The maximum Gasteiger partial charge on any atom is 0.285 e. The van der Waals surface area contributed by atoms with Crippen molar-refractivity contribution in [2.24, 2.45) is 0 Å². The third kappa shape index (κ3) is 2.85. The highest BCUT2D eigenvalue weighted by Gasteiger charge is 2.42. The molecule has 2 aliphatic heterocycles. The van der Waals surface area contributed by atoms with Crippen LogP contribution < -0.4 is 0 Å². The van der Waals surface area contributed by atoms with Gasteiger partial charge in [0.2, 0.25) is 0 Å². The number of rotatable bonds is 3. The summed E-state index contributed by atoms with van der Waals surface area (Å²) in [6.45, 7) is 2.15. The van der Waals surface area contributed by atoms with Gasteiger partial charge in [-0.1, -0.05) is 30.3 Å². The van der Waals surface area contributed by atoms with Crippen LogP contribution in [0.4, 0.5) is 8.78 Å². The fourth-order valence-electron chi connectivity index (χ4n) is 2.89. The van der Waals surface area contributed by atoms with Crippen LogP contribution in [0, 0.1) is 0 Å². The largest absolute Gasteiger partial charge is 0.347 e. The maximum atomic E-state index is 14.2. The first-order valence-corrected chi connectivity index (χ1v) is 7.03. The molecule has 0 aliphatic carbocycles. The van der Waals surface area contributed by atoms with Crippen molar-refractivity contribution in [1.29, 1.82) is 0 Å². The van der Waals surface area contributed by atoms with Crippen molar-refractivity contribution < 1.29 is 18.3 Å². The summed E-state index contributed by atoms with van der Waals surface area (Å²) in [6.07, 6.45) is 1.33. The van der Waals surface area contributed by atoms with Crippen LogP contribution in [0.15, 0.2) is 30.3 Å². The molecule has 0 amide bonds. The van der Waals surface area contributed by atoms with Crippen LogP contribution >= 0.6 is 0 Å². The number of benzene rings is 1. The van der Waals surface area contributed by atoms with Gasteiger partial charge in [-0.05, 0) is 0 Å². The summed E-state index contributed by atoms with van der Waals surface area (Å²) in [4.78, 5) is 1.79. The van der Waals surface area contributed by atoms with E-state index in [1.165, 1.54) is 12.1 Å². The number of nitrogens with zero attached hydrogens (tertiary/aromatic N) is 1. The second-order valence-electron chi connectivity index (χ2n) is 5.45. The minimum absolute atomic E-state index is 0.0775. The molecule has 3 rings (SSSR count). The molecule has 5 heteroatoms. The Balaban J connectivity index is 1.59. The standard InChI is InChI=1S/C15H19F2NO2/c16-15(17,13-4-2-1-3-5-13)12-18-8-6-14(7-9-18)19-10-11-20-14/h1-5H,6-12H2. The van der Waals surface area contributed by atoms with Gasteiger partial charge < -0.3 is 9.47 Å². The van der Waals surface area contributed by atoms with Crippen molar-refractivity contribution in [2.75, 3.05) is 32.8 Å². The first-order valence-electron chi connectivity index (χ1n) is 7.03. The highest BCUT2D eigenvalue weighted by Crippen LogP contribution is 2.34. The molecule has 0 N–H and O–H groups in total. The first-order chi connectivity index (χ1) is 9.60. The van der Waals surface area contributed by atoms with E-state index >= 15 is 0 Å². The van der Waals surface area contributed by atoms with Crippen LogP contribution in [0.5, 0.6) is 0 Å². The lowest BCUT2D eigenvalue weighted by atomic mass is 10.0. The zero-order valence-corrected chi connectivity index (χ0v) is 11.4. The SMILES string of the molecule is FC(F)(CN1CCC2(CC1)OCCO2)c1ccccc1. The Morgan fingerprint density at radius 2 is 1.65 bits per heavy atom. The summed E-state index contributed by atoms with van der Waals surface area (Å²) in [5.41, 5.74) is 0.0775. The summed E-state index contributed by atoms with van der Waals surface area (Å²) in [5.74, 6) is -3.32. The lowest BCUT2D eigenvalue weighted by Gasteiger charge is -2.38. The average molecular weight is 283 g/mol. The zero-order chi connectivity index (χ0) is 14.1. The fourth-order valence-corrected chi connectivity index (χ4v) is 2.89. The Morgan fingerprint density at radius 1 is 1.05 bits per heavy atom. The molecule has 0 unspecified atom stereocenters. The van der Waals surface area contributed by atoms with Gasteiger partial charge in [-0.15, -0.1) is 0 Å². The lowest BCUT2D eigenvalue weighted by molar-refractivity contribution is -0.190. The molecule has 110 valence electrons. The summed E-state index contributed by atoms with van der Waals surface area (Å²) in [6, 6.07) is 8.01. The molecule has 0 radical (unpaired) electrons. The van der Waals surface area contributed by atoms with Crippen molar-refractivity contribution in [3.05, 3.63) is 35.9 Å². The molecule has 1 aromatic rings. The molecule has 2 heterocycles. The predicted molar refractivity (Wildman–Crippen MR) is 70.6 cm³/mol. The van der Waals surface area contributed by atoms with E-state index < -0.39 is 11.7 Å². The second-order valence-corrected chi connectivity index (χ2v) is 5.45. The van der Waals surface area contributed by atoms with Gasteiger partial charge in [0, 0.05) is 31.5 Å². The minimum Gasteiger partial charge on any atom is -0.347 e. The topological polar surface area (TPSA) is 21.7 Å². The quantitative estimate of drug-likeness (QED) is 0.851. The van der Waals surface area contributed by atoms with E-state index in [1.54, 1.807) is 23.1 Å². The molecule has 1 aromatic carbocycles. The second kappa shape index (κ2) is 5.39. The normalized spacial score (nSPS) is 23.3. The molecule has 20 heavy (non-hydrogen) atoms. The average Bonchev–Trinajstić information content (AvgIpc) is 2.91. The smallest absolute Gasteiger partial charge is 0.285 e. The van der Waals surface area contributed by atoms with E-state index in [4.69, 9.17) is 9.47 Å². The Morgan fingerprint density at radius 3 is 2.25 bits per heavy atom. The number of likely N-dealkylation sites (tertiary alicyclic amines) is 1. The molecule has 0 bridgehead atoms. The van der Waals surface area contributed by atoms with Crippen molar-refractivity contribution in [3.8, 4) is 0 Å². The van der Waals surface area contributed by atoms with Gasteiger partial charge >= 0.3 is 0 Å². The first kappa shape index (κ1) is 13.9. The van der Waals surface area contributed by atoms with Crippen LogP contribution in [0.3, 0.4) is 0 Å². The lowest BCUT2D eigenvalue weighted by Crippen LogP contribution is -2.47. The van der Waals surface area contributed by atoms with Crippen molar-refractivity contribution in [3.63, 3.8) is 0 Å². The van der Waals surface area contributed by atoms with Crippen LogP contribution in [0.1, 0.15) is 18.4 Å². The third-order valence-electron chi connectivity index (χ3n) is 4.05. The summed E-state index contributed by atoms with van der Waals surface area (Å²) in [7, 11) is 0. The van der Waals surface area contributed by atoms with Crippen LogP contribution in [-0.2, 0) is 15.4 Å². The van der Waals surface area contributed by atoms with Gasteiger partial charge in [0.25, 0.3) is 5.92 Å². The number of hydrogen-bond donors (Lipinski definition) is 0. The highest BCUT2D eigenvalue weighted by atomic mass is 19.3. The Kier molecular flexibility index (Phi) is 3.75. The molecule has 0 atom stereocenters. The predicted octanol–water partition coefficient (Wildman–Crippen LogP) is 2.62. The fraction of sp³-hybridized carbons (Fsp3) is 0.600. The van der Waals surface area contributed by atoms with E-state index in [0.717, 1.165) is 0 Å². The molecule has 0 saturated carbocycles. The van der Waals surface area contributed by atoms with E-state index in [-0.39, 0.29) is 12.1 Å². The Labute approximate surface area is 117 Å². The minimum atomic E-state index is -2.82. The van der Waals surface area contributed by atoms with Gasteiger partial charge in [0.05, 0.1) is 19.8 Å². The number of piperidine rings is 1. The molecule has 1 spiro atoms. The number of alkyl halides is 2. The van der Waals surface area contributed by atoms with Gasteiger partial charge in [0.15, 0.2) is 5.79 Å². The van der Waals surface area contributed by atoms with E-state index in [0.29, 0.717) is 39.1 Å². The molecule has 0 aromatic heterocycles. The van der Waals surface area contributed by atoms with Crippen molar-refractivity contribution in [2.45, 2.75) is 24.6 Å². The maximum absolute atomic E-state index is 14.2. The molecule has 3 nitrogen and oxygen atoms in total. The van der Waals surface area contributed by atoms with Gasteiger partial charge in [0.1, 0.15) is 0 Å². The highest BCUT2D eigenvalue weighted by molar-refractivity contribution is 5.20. The van der Waals surface area contributed by atoms with Crippen LogP contribution in [-0.4, -0.2) is 43.5 Å². The molecule has 2 aliphatic rings. The van der Waals surface area contributed by atoms with Crippen molar-refractivity contribution in [1.82, 2.24) is 4.90 Å². The number of hydrogen-bond acceptors (Lipinski definition) is 3. The molecular formula is C15H19F2NO2. The van der Waals surface area contributed by atoms with Crippen LogP contribution in [0.2, 0.25) is 0 Å². The Hall–Kier alpha value is -1.04. The van der Waals surface area contributed by atoms with Crippen LogP contribution in [0.25, 0.3) is 0 Å². The van der Waals surface area contributed by atoms with Gasteiger partial charge in [-0.2, -0.15) is 8.78 Å². The van der Waals surface area contributed by atoms with E-state index in [2.05, 4.69) is 0 Å². The van der Waals surface area contributed by atoms with Gasteiger partial charge in [-0.3, -0.25) is 4.90 Å². The summed E-state index contributed by atoms with van der Waals surface area (Å²) < 4.78 is 39.6. The van der Waals surface area contributed by atoms with E-state index in [9.17, 15) is 8.78 Å². The number of ether oxygens (including phenoxy) is 2. The molecule has 2 saturated heterocycles. The third-order valence-corrected chi connectivity index (χ3v) is 4.05. The summed E-state index contributed by atoms with van der Waals surface area (Å²) >= 11 is 0. The molecule has 2 fully saturated rings. The van der Waals surface area contributed by atoms with E-state index in [1.807, 2.05) is 0 Å². The zero-order valence-electron chi connectivity index (χ0n) is 11.4. The number of halogens is 2. The Bertz CT molecular complexity index is 436. The monoisotopic (exact) mass is 283 g/mol. The molecular weight excluding hydrogens is 264 g/mol. The van der Waals surface area contributed by atoms with Gasteiger partial charge in [-0.25, -0.2) is 0 Å². The summed E-state index contributed by atoms with van der Waals surface area (Å²) in [5, 5.41) is 0.